The number of halogens is 2. The van der Waals surface area contributed by atoms with Gasteiger partial charge in [0.1, 0.15) is 17.7 Å². The molecule has 0 unspecified atom stereocenters. The fourth-order valence-corrected chi connectivity index (χ4v) is 2.54. The Labute approximate surface area is 122 Å². The Bertz CT molecular complexity index is 695. The second kappa shape index (κ2) is 4.63. The van der Waals surface area contributed by atoms with Crippen molar-refractivity contribution in [3.8, 4) is 0 Å². The smallest absolute Gasteiger partial charge is 0.256 e. The Morgan fingerprint density at radius 2 is 2.19 bits per heavy atom. The SMILES string of the molecule is Nc1nc(N)c2ncn([C@@H]3O[C@H](CO)[C@@H](O)[C@@]3(F)Cl)c2n1. The van der Waals surface area contributed by atoms with Crippen molar-refractivity contribution in [1.29, 1.82) is 0 Å². The van der Waals surface area contributed by atoms with E-state index in [0.29, 0.717) is 0 Å². The van der Waals surface area contributed by atoms with Crippen LogP contribution in [0.15, 0.2) is 6.33 Å². The fraction of sp³-hybridized carbons (Fsp3) is 0.500. The van der Waals surface area contributed by atoms with Crippen LogP contribution in [0.3, 0.4) is 0 Å². The molecule has 0 radical (unpaired) electrons. The Balaban J connectivity index is 2.13. The minimum Gasteiger partial charge on any atom is -0.394 e. The van der Waals surface area contributed by atoms with Gasteiger partial charge in [-0.3, -0.25) is 4.57 Å². The summed E-state index contributed by atoms with van der Waals surface area (Å²) in [7, 11) is 0. The van der Waals surface area contributed by atoms with E-state index < -0.39 is 30.2 Å². The van der Waals surface area contributed by atoms with Gasteiger partial charge in [0.05, 0.1) is 12.9 Å². The van der Waals surface area contributed by atoms with Crippen LogP contribution in [0.4, 0.5) is 16.2 Å². The summed E-state index contributed by atoms with van der Waals surface area (Å²) in [5.41, 5.74) is 11.5. The van der Waals surface area contributed by atoms with Crippen LogP contribution in [0.5, 0.6) is 0 Å². The second-order valence-corrected chi connectivity index (χ2v) is 5.20. The van der Waals surface area contributed by atoms with Crippen LogP contribution < -0.4 is 11.5 Å². The summed E-state index contributed by atoms with van der Waals surface area (Å²) in [5.74, 6) is -0.106. The number of imidazole rings is 1. The van der Waals surface area contributed by atoms with E-state index in [9.17, 15) is 9.50 Å². The molecule has 1 aliphatic heterocycles. The molecule has 21 heavy (non-hydrogen) atoms. The van der Waals surface area contributed by atoms with E-state index in [1.54, 1.807) is 0 Å². The number of aliphatic hydroxyl groups is 2. The number of ether oxygens (including phenoxy) is 1. The molecule has 0 saturated carbocycles. The Morgan fingerprint density at radius 3 is 2.81 bits per heavy atom. The molecule has 3 heterocycles. The van der Waals surface area contributed by atoms with Gasteiger partial charge in [-0.2, -0.15) is 9.97 Å². The first-order valence-corrected chi connectivity index (χ1v) is 6.31. The van der Waals surface area contributed by atoms with Crippen molar-refractivity contribution in [1.82, 2.24) is 19.5 Å². The number of hydrogen-bond donors (Lipinski definition) is 4. The molecule has 1 aliphatic rings. The van der Waals surface area contributed by atoms with Gasteiger partial charge in [0.25, 0.3) is 5.13 Å². The van der Waals surface area contributed by atoms with E-state index in [4.69, 9.17) is 32.9 Å². The highest BCUT2D eigenvalue weighted by Gasteiger charge is 2.57. The minimum absolute atomic E-state index is 0.0209. The van der Waals surface area contributed by atoms with Crippen molar-refractivity contribution in [2.24, 2.45) is 0 Å². The largest absolute Gasteiger partial charge is 0.394 e. The van der Waals surface area contributed by atoms with Crippen molar-refractivity contribution in [3.63, 3.8) is 0 Å². The summed E-state index contributed by atoms with van der Waals surface area (Å²) < 4.78 is 20.9. The van der Waals surface area contributed by atoms with Crippen LogP contribution in [-0.4, -0.2) is 53.7 Å². The molecule has 0 spiro atoms. The molecule has 1 fully saturated rings. The normalized spacial score (nSPS) is 32.9. The van der Waals surface area contributed by atoms with E-state index >= 15 is 0 Å². The van der Waals surface area contributed by atoms with Gasteiger partial charge < -0.3 is 26.4 Å². The average Bonchev–Trinajstić information content (AvgIpc) is 2.91. The van der Waals surface area contributed by atoms with Gasteiger partial charge in [0.2, 0.25) is 5.95 Å². The quantitative estimate of drug-likeness (QED) is 0.524. The van der Waals surface area contributed by atoms with Crippen LogP contribution in [0.25, 0.3) is 11.2 Å². The van der Waals surface area contributed by atoms with E-state index in [1.807, 2.05) is 0 Å². The second-order valence-electron chi connectivity index (χ2n) is 4.62. The highest BCUT2D eigenvalue weighted by atomic mass is 35.5. The van der Waals surface area contributed by atoms with Crippen molar-refractivity contribution in [3.05, 3.63) is 6.33 Å². The van der Waals surface area contributed by atoms with E-state index in [0.717, 1.165) is 4.57 Å². The topological polar surface area (TPSA) is 145 Å². The molecule has 0 aromatic carbocycles. The summed E-state index contributed by atoms with van der Waals surface area (Å²) in [5, 5.41) is 16.2. The highest BCUT2D eigenvalue weighted by Crippen LogP contribution is 2.45. The van der Waals surface area contributed by atoms with Crippen molar-refractivity contribution in [2.45, 2.75) is 23.6 Å². The maximum atomic E-state index is 14.5. The zero-order valence-electron chi connectivity index (χ0n) is 10.5. The zero-order valence-corrected chi connectivity index (χ0v) is 11.3. The van der Waals surface area contributed by atoms with Crippen LogP contribution >= 0.6 is 11.6 Å². The maximum Gasteiger partial charge on any atom is 0.256 e. The molecule has 9 nitrogen and oxygen atoms in total. The predicted octanol–water partition coefficient (Wildman–Crippen LogP) is -0.854. The summed E-state index contributed by atoms with van der Waals surface area (Å²) in [6.45, 7) is -0.595. The third-order valence-electron chi connectivity index (χ3n) is 3.28. The molecule has 2 aromatic rings. The molecular formula is C10H12ClFN6O3. The Morgan fingerprint density at radius 1 is 1.48 bits per heavy atom. The Hall–Kier alpha value is -1.75. The number of rotatable bonds is 2. The van der Waals surface area contributed by atoms with Gasteiger partial charge in [-0.1, -0.05) is 11.6 Å². The monoisotopic (exact) mass is 318 g/mol. The lowest BCUT2D eigenvalue weighted by Crippen LogP contribution is -2.38. The zero-order chi connectivity index (χ0) is 15.4. The fourth-order valence-electron chi connectivity index (χ4n) is 2.25. The van der Waals surface area contributed by atoms with Crippen LogP contribution in [0.2, 0.25) is 0 Å². The van der Waals surface area contributed by atoms with Gasteiger partial charge >= 0.3 is 0 Å². The first-order chi connectivity index (χ1) is 9.86. The lowest BCUT2D eigenvalue weighted by Gasteiger charge is -2.22. The van der Waals surface area contributed by atoms with Crippen molar-refractivity contribution in [2.75, 3.05) is 18.1 Å². The summed E-state index contributed by atoms with van der Waals surface area (Å²) >= 11 is 5.72. The third kappa shape index (κ3) is 1.99. The van der Waals surface area contributed by atoms with Crippen LogP contribution in [0, 0.1) is 0 Å². The van der Waals surface area contributed by atoms with E-state index in [2.05, 4.69) is 15.0 Å². The summed E-state index contributed by atoms with van der Waals surface area (Å²) in [6, 6.07) is 0. The standard InChI is InChI=1S/C10H12ClFN6O3/c11-10(12)5(20)3(1-19)21-8(10)18-2-15-4-6(13)16-9(14)17-7(4)18/h2-3,5,8,19-20H,1H2,(H4,13,14,16,17)/t3-,5-,8-,10+/m1/s1. The number of hydrogen-bond acceptors (Lipinski definition) is 8. The Kier molecular flexibility index (Phi) is 3.13. The molecular weight excluding hydrogens is 307 g/mol. The third-order valence-corrected chi connectivity index (χ3v) is 3.69. The number of aliphatic hydroxyl groups excluding tert-OH is 2. The van der Waals surface area contributed by atoms with Gasteiger partial charge in [-0.05, 0) is 0 Å². The molecule has 1 saturated heterocycles. The van der Waals surface area contributed by atoms with Crippen LogP contribution in [-0.2, 0) is 4.74 Å². The molecule has 3 rings (SSSR count). The van der Waals surface area contributed by atoms with E-state index in [-0.39, 0.29) is 22.9 Å². The molecule has 2 aromatic heterocycles. The minimum atomic E-state index is -2.67. The maximum absolute atomic E-state index is 14.5. The van der Waals surface area contributed by atoms with Gasteiger partial charge in [-0.25, -0.2) is 9.37 Å². The predicted molar refractivity (Wildman–Crippen MR) is 70.8 cm³/mol. The lowest BCUT2D eigenvalue weighted by atomic mass is 10.1. The molecule has 114 valence electrons. The first-order valence-electron chi connectivity index (χ1n) is 5.94. The van der Waals surface area contributed by atoms with Gasteiger partial charge in [-0.15, -0.1) is 0 Å². The van der Waals surface area contributed by atoms with Crippen LogP contribution in [0.1, 0.15) is 6.23 Å². The number of aromatic nitrogens is 4. The number of nitrogen functional groups attached to an aromatic ring is 2. The molecule has 0 aliphatic carbocycles. The van der Waals surface area contributed by atoms with Crippen molar-refractivity contribution >= 4 is 34.5 Å². The lowest BCUT2D eigenvalue weighted by molar-refractivity contribution is -0.0482. The molecule has 6 N–H and O–H groups in total. The molecule has 11 heteroatoms. The number of anilines is 2. The first kappa shape index (κ1) is 14.2. The van der Waals surface area contributed by atoms with Crippen molar-refractivity contribution < 1.29 is 19.3 Å². The summed E-state index contributed by atoms with van der Waals surface area (Å²) in [6.07, 6.45) is -3.15. The highest BCUT2D eigenvalue weighted by molar-refractivity contribution is 6.23. The van der Waals surface area contributed by atoms with Gasteiger partial charge in [0, 0.05) is 0 Å². The van der Waals surface area contributed by atoms with Gasteiger partial charge in [0.15, 0.2) is 17.7 Å². The average molecular weight is 319 g/mol. The number of nitrogens with zero attached hydrogens (tertiary/aromatic N) is 4. The van der Waals surface area contributed by atoms with E-state index in [1.165, 1.54) is 6.33 Å². The number of alkyl halides is 2. The summed E-state index contributed by atoms with van der Waals surface area (Å²) in [4.78, 5) is 11.6. The molecule has 0 amide bonds. The molecule has 4 atom stereocenters. The number of nitrogens with two attached hydrogens (primary N) is 2. The number of fused-ring (bicyclic) bond motifs is 1. The molecule has 0 bridgehead atoms.